The van der Waals surface area contributed by atoms with Crippen LogP contribution in [0.15, 0.2) is 18.2 Å². The molecule has 1 atom stereocenters. The van der Waals surface area contributed by atoms with Crippen LogP contribution in [0.25, 0.3) is 0 Å². The quantitative estimate of drug-likeness (QED) is 0.708. The van der Waals surface area contributed by atoms with E-state index >= 15 is 0 Å². The van der Waals surface area contributed by atoms with Gasteiger partial charge in [-0.15, -0.1) is 0 Å². The lowest BCUT2D eigenvalue weighted by molar-refractivity contribution is -0.121. The first-order chi connectivity index (χ1) is 10.3. The third-order valence-electron chi connectivity index (χ3n) is 3.13. The first-order valence-corrected chi connectivity index (χ1v) is 6.98. The number of aliphatic hydroxyl groups excluding tert-OH is 1. The standard InChI is InChI=1S/C15H20F2N2O3/c1-9(2)13(3-4-20)19-14(21)8-18-15(22)10-5-11(16)7-12(17)6-10/h5-7,9,13,20H,3-4,8H2,1-2H3,(H,18,22)(H,19,21). The minimum absolute atomic E-state index is 0.0575. The summed E-state index contributed by atoms with van der Waals surface area (Å²) < 4.78 is 26.0. The summed E-state index contributed by atoms with van der Waals surface area (Å²) in [7, 11) is 0. The van der Waals surface area contributed by atoms with Gasteiger partial charge in [-0.1, -0.05) is 13.8 Å². The van der Waals surface area contributed by atoms with Gasteiger partial charge >= 0.3 is 0 Å². The molecule has 7 heteroatoms. The summed E-state index contributed by atoms with van der Waals surface area (Å²) in [4.78, 5) is 23.5. The molecule has 22 heavy (non-hydrogen) atoms. The summed E-state index contributed by atoms with van der Waals surface area (Å²) >= 11 is 0. The predicted molar refractivity (Wildman–Crippen MR) is 77.2 cm³/mol. The Morgan fingerprint density at radius 2 is 1.77 bits per heavy atom. The lowest BCUT2D eigenvalue weighted by atomic mass is 10.0. The minimum atomic E-state index is -0.864. The van der Waals surface area contributed by atoms with Crippen LogP contribution in [0.5, 0.6) is 0 Å². The molecule has 122 valence electrons. The van der Waals surface area contributed by atoms with Gasteiger partial charge in [0.15, 0.2) is 0 Å². The van der Waals surface area contributed by atoms with E-state index in [9.17, 15) is 18.4 Å². The van der Waals surface area contributed by atoms with Crippen LogP contribution < -0.4 is 10.6 Å². The molecule has 1 aromatic rings. The van der Waals surface area contributed by atoms with E-state index in [4.69, 9.17) is 5.11 Å². The van der Waals surface area contributed by atoms with Crippen LogP contribution in [0, 0.1) is 17.6 Å². The van der Waals surface area contributed by atoms with Gasteiger partial charge in [0.25, 0.3) is 5.91 Å². The van der Waals surface area contributed by atoms with Crippen molar-refractivity contribution in [2.45, 2.75) is 26.3 Å². The van der Waals surface area contributed by atoms with Crippen LogP contribution in [0.1, 0.15) is 30.6 Å². The second kappa shape index (κ2) is 8.43. The molecule has 0 aliphatic carbocycles. The Kier molecular flexibility index (Phi) is 6.91. The predicted octanol–water partition coefficient (Wildman–Crippen LogP) is 1.22. The van der Waals surface area contributed by atoms with Crippen molar-refractivity contribution >= 4 is 11.8 Å². The van der Waals surface area contributed by atoms with Gasteiger partial charge in [-0.2, -0.15) is 0 Å². The summed E-state index contributed by atoms with van der Waals surface area (Å²) in [6.07, 6.45) is 0.409. The molecule has 1 aromatic carbocycles. The molecule has 0 saturated carbocycles. The Labute approximate surface area is 127 Å². The van der Waals surface area contributed by atoms with E-state index in [1.165, 1.54) is 0 Å². The first kappa shape index (κ1) is 18.0. The van der Waals surface area contributed by atoms with Crippen molar-refractivity contribution in [3.8, 4) is 0 Å². The molecular weight excluding hydrogens is 294 g/mol. The highest BCUT2D eigenvalue weighted by Crippen LogP contribution is 2.08. The zero-order valence-electron chi connectivity index (χ0n) is 12.5. The Morgan fingerprint density at radius 3 is 2.27 bits per heavy atom. The van der Waals surface area contributed by atoms with Crippen LogP contribution >= 0.6 is 0 Å². The maximum atomic E-state index is 13.0. The number of carbonyl (C=O) groups is 2. The van der Waals surface area contributed by atoms with Crippen LogP contribution in [-0.2, 0) is 4.79 Å². The lowest BCUT2D eigenvalue weighted by Crippen LogP contribution is -2.44. The molecule has 0 bridgehead atoms. The second-order valence-corrected chi connectivity index (χ2v) is 5.27. The normalized spacial score (nSPS) is 12.1. The fraction of sp³-hybridized carbons (Fsp3) is 0.467. The van der Waals surface area contributed by atoms with E-state index < -0.39 is 23.4 Å². The molecule has 2 amide bonds. The molecule has 0 aromatic heterocycles. The van der Waals surface area contributed by atoms with Crippen molar-refractivity contribution in [3.63, 3.8) is 0 Å². The lowest BCUT2D eigenvalue weighted by Gasteiger charge is -2.21. The highest BCUT2D eigenvalue weighted by Gasteiger charge is 2.16. The van der Waals surface area contributed by atoms with Gasteiger partial charge in [-0.05, 0) is 24.5 Å². The molecular formula is C15H20F2N2O3. The largest absolute Gasteiger partial charge is 0.396 e. The highest BCUT2D eigenvalue weighted by atomic mass is 19.1. The first-order valence-electron chi connectivity index (χ1n) is 6.98. The SMILES string of the molecule is CC(C)C(CCO)NC(=O)CNC(=O)c1cc(F)cc(F)c1. The van der Waals surface area contributed by atoms with Crippen molar-refractivity contribution in [3.05, 3.63) is 35.4 Å². The maximum Gasteiger partial charge on any atom is 0.251 e. The molecule has 0 aliphatic rings. The molecule has 3 N–H and O–H groups in total. The summed E-state index contributed by atoms with van der Waals surface area (Å²) in [6.45, 7) is 3.42. The molecule has 0 aliphatic heterocycles. The number of aliphatic hydroxyl groups is 1. The van der Waals surface area contributed by atoms with E-state index in [2.05, 4.69) is 10.6 Å². The number of hydrogen-bond acceptors (Lipinski definition) is 3. The molecule has 1 unspecified atom stereocenters. The number of benzene rings is 1. The topological polar surface area (TPSA) is 78.4 Å². The molecule has 0 radical (unpaired) electrons. The van der Waals surface area contributed by atoms with Gasteiger partial charge in [-0.25, -0.2) is 8.78 Å². The van der Waals surface area contributed by atoms with E-state index in [0.29, 0.717) is 12.5 Å². The number of nitrogens with one attached hydrogen (secondary N) is 2. The van der Waals surface area contributed by atoms with Crippen LogP contribution in [0.3, 0.4) is 0 Å². The summed E-state index contributed by atoms with van der Waals surface area (Å²) in [6, 6.07) is 2.23. The van der Waals surface area contributed by atoms with Gasteiger partial charge in [0.2, 0.25) is 5.91 Å². The molecule has 0 saturated heterocycles. The average Bonchev–Trinajstić information content (AvgIpc) is 2.43. The third kappa shape index (κ3) is 5.77. The van der Waals surface area contributed by atoms with Crippen molar-refractivity contribution < 1.29 is 23.5 Å². The van der Waals surface area contributed by atoms with E-state index in [-0.39, 0.29) is 30.7 Å². The molecule has 0 fully saturated rings. The Hall–Kier alpha value is -2.02. The van der Waals surface area contributed by atoms with Crippen LogP contribution in [-0.4, -0.2) is 36.1 Å². The van der Waals surface area contributed by atoms with Crippen molar-refractivity contribution in [2.75, 3.05) is 13.2 Å². The monoisotopic (exact) mass is 314 g/mol. The highest BCUT2D eigenvalue weighted by molar-refractivity contribution is 5.96. The van der Waals surface area contributed by atoms with E-state index in [1.807, 2.05) is 13.8 Å². The van der Waals surface area contributed by atoms with E-state index in [0.717, 1.165) is 12.1 Å². The van der Waals surface area contributed by atoms with Gasteiger partial charge in [0.1, 0.15) is 11.6 Å². The van der Waals surface area contributed by atoms with Gasteiger partial charge in [0.05, 0.1) is 6.54 Å². The Balaban J connectivity index is 2.54. The zero-order valence-corrected chi connectivity index (χ0v) is 12.5. The second-order valence-electron chi connectivity index (χ2n) is 5.27. The van der Waals surface area contributed by atoms with Gasteiger partial charge in [-0.3, -0.25) is 9.59 Å². The number of rotatable bonds is 7. The van der Waals surface area contributed by atoms with Crippen molar-refractivity contribution in [1.82, 2.24) is 10.6 Å². The number of carbonyl (C=O) groups excluding carboxylic acids is 2. The number of hydrogen-bond donors (Lipinski definition) is 3. The van der Waals surface area contributed by atoms with Crippen LogP contribution in [0.2, 0.25) is 0 Å². The molecule has 1 rings (SSSR count). The number of halogens is 2. The van der Waals surface area contributed by atoms with Crippen molar-refractivity contribution in [2.24, 2.45) is 5.92 Å². The molecule has 0 heterocycles. The summed E-state index contributed by atoms with van der Waals surface area (Å²) in [5.74, 6) is -2.77. The molecule has 0 spiro atoms. The molecule has 5 nitrogen and oxygen atoms in total. The zero-order chi connectivity index (χ0) is 16.7. The smallest absolute Gasteiger partial charge is 0.251 e. The maximum absolute atomic E-state index is 13.0. The van der Waals surface area contributed by atoms with Gasteiger partial charge < -0.3 is 15.7 Å². The average molecular weight is 314 g/mol. The van der Waals surface area contributed by atoms with Crippen molar-refractivity contribution in [1.29, 1.82) is 0 Å². The van der Waals surface area contributed by atoms with Crippen LogP contribution in [0.4, 0.5) is 8.78 Å². The van der Waals surface area contributed by atoms with Gasteiger partial charge in [0, 0.05) is 24.3 Å². The fourth-order valence-electron chi connectivity index (χ4n) is 1.92. The fourth-order valence-corrected chi connectivity index (χ4v) is 1.92. The Bertz CT molecular complexity index is 515. The summed E-state index contributed by atoms with van der Waals surface area (Å²) in [5.41, 5.74) is -0.193. The third-order valence-corrected chi connectivity index (χ3v) is 3.13. The summed E-state index contributed by atoms with van der Waals surface area (Å²) in [5, 5.41) is 13.9. The van der Waals surface area contributed by atoms with E-state index in [1.54, 1.807) is 0 Å². The minimum Gasteiger partial charge on any atom is -0.396 e. The Morgan fingerprint density at radius 1 is 1.18 bits per heavy atom. The number of amides is 2.